The first-order valence-corrected chi connectivity index (χ1v) is 8.31. The zero-order valence-electron chi connectivity index (χ0n) is 13.0. The molecule has 0 spiro atoms. The summed E-state index contributed by atoms with van der Waals surface area (Å²) < 4.78 is 13.4. The van der Waals surface area contributed by atoms with E-state index in [1.807, 2.05) is 13.1 Å². The molecular formula is C20H22FN. The summed E-state index contributed by atoms with van der Waals surface area (Å²) in [6, 6.07) is 11.6. The minimum Gasteiger partial charge on any atom is -0.316 e. The summed E-state index contributed by atoms with van der Waals surface area (Å²) in [5.74, 6) is 1.46. The highest BCUT2D eigenvalue weighted by molar-refractivity contribution is 5.87. The van der Waals surface area contributed by atoms with Crippen molar-refractivity contribution >= 4 is 16.3 Å². The summed E-state index contributed by atoms with van der Waals surface area (Å²) in [5.41, 5.74) is 4.49. The van der Waals surface area contributed by atoms with Crippen LogP contribution in [0.25, 0.3) is 16.3 Å². The van der Waals surface area contributed by atoms with Crippen LogP contribution in [0.3, 0.4) is 0 Å². The monoisotopic (exact) mass is 295 g/mol. The Morgan fingerprint density at radius 2 is 1.91 bits per heavy atom. The fourth-order valence-corrected chi connectivity index (χ4v) is 4.47. The van der Waals surface area contributed by atoms with E-state index >= 15 is 0 Å². The summed E-state index contributed by atoms with van der Waals surface area (Å²) in [7, 11) is 2.03. The standard InChI is InChI=1S/C20H22FN/c1-22-12-18-9-13-2-3-16(8-13)20(18)17-5-4-15-11-19(21)7-6-14(15)10-17/h4-7,10-11,13,16,22H,2-3,8-9,12H2,1H3/t13-,16+/m0/s1. The number of hydrogen-bond acceptors (Lipinski definition) is 1. The van der Waals surface area contributed by atoms with Crippen LogP contribution < -0.4 is 5.32 Å². The highest BCUT2D eigenvalue weighted by Gasteiger charge is 2.34. The average Bonchev–Trinajstić information content (AvgIpc) is 2.89. The number of halogens is 1. The third-order valence-corrected chi connectivity index (χ3v) is 5.37. The maximum absolute atomic E-state index is 13.4. The highest BCUT2D eigenvalue weighted by atomic mass is 19.1. The molecule has 1 nitrogen and oxygen atoms in total. The van der Waals surface area contributed by atoms with Crippen molar-refractivity contribution in [2.75, 3.05) is 13.6 Å². The van der Waals surface area contributed by atoms with Crippen molar-refractivity contribution in [3.8, 4) is 0 Å². The Morgan fingerprint density at radius 3 is 2.77 bits per heavy atom. The molecule has 4 rings (SSSR count). The van der Waals surface area contributed by atoms with E-state index in [1.165, 1.54) is 31.2 Å². The maximum Gasteiger partial charge on any atom is 0.123 e. The molecule has 2 aliphatic carbocycles. The fraction of sp³-hybridized carbons (Fsp3) is 0.400. The van der Waals surface area contributed by atoms with Gasteiger partial charge in [0.25, 0.3) is 0 Å². The SMILES string of the molecule is CNCC1=C(c2ccc3cc(F)ccc3c2)[C@@H]2CC[C@H](C1)C2. The first-order chi connectivity index (χ1) is 10.7. The van der Waals surface area contributed by atoms with Crippen molar-refractivity contribution in [2.45, 2.75) is 25.7 Å². The normalized spacial score (nSPS) is 24.3. The molecule has 2 bridgehead atoms. The lowest BCUT2D eigenvalue weighted by Crippen LogP contribution is -2.19. The van der Waals surface area contributed by atoms with Crippen LogP contribution in [0, 0.1) is 17.7 Å². The van der Waals surface area contributed by atoms with Gasteiger partial charge in [0, 0.05) is 6.54 Å². The lowest BCUT2D eigenvalue weighted by Gasteiger charge is -2.27. The molecule has 2 heteroatoms. The molecule has 2 atom stereocenters. The number of allylic oxidation sites excluding steroid dienone is 1. The number of benzene rings is 2. The van der Waals surface area contributed by atoms with Crippen molar-refractivity contribution in [1.29, 1.82) is 0 Å². The first kappa shape index (κ1) is 14.0. The van der Waals surface area contributed by atoms with Gasteiger partial charge in [-0.15, -0.1) is 0 Å². The number of fused-ring (bicyclic) bond motifs is 3. The van der Waals surface area contributed by atoms with Gasteiger partial charge in [-0.3, -0.25) is 0 Å². The van der Waals surface area contributed by atoms with Crippen LogP contribution in [0.4, 0.5) is 4.39 Å². The molecule has 22 heavy (non-hydrogen) atoms. The van der Waals surface area contributed by atoms with Crippen LogP contribution in [0.5, 0.6) is 0 Å². The molecule has 1 fully saturated rings. The maximum atomic E-state index is 13.4. The molecule has 2 aromatic rings. The molecule has 114 valence electrons. The zero-order chi connectivity index (χ0) is 15.1. The summed E-state index contributed by atoms with van der Waals surface area (Å²) in [6.07, 6.45) is 5.30. The Morgan fingerprint density at radius 1 is 1.09 bits per heavy atom. The van der Waals surface area contributed by atoms with Gasteiger partial charge in [0.05, 0.1) is 0 Å². The van der Waals surface area contributed by atoms with E-state index in [0.717, 1.165) is 29.2 Å². The van der Waals surface area contributed by atoms with Crippen LogP contribution in [0.1, 0.15) is 31.2 Å². The Kier molecular flexibility index (Phi) is 3.50. The van der Waals surface area contributed by atoms with Crippen LogP contribution in [0.15, 0.2) is 42.0 Å². The average molecular weight is 295 g/mol. The Balaban J connectivity index is 1.82. The van der Waals surface area contributed by atoms with Gasteiger partial charge in [0.15, 0.2) is 0 Å². The lowest BCUT2D eigenvalue weighted by atomic mass is 9.79. The summed E-state index contributed by atoms with van der Waals surface area (Å²) in [5, 5.41) is 5.46. The van der Waals surface area contributed by atoms with E-state index in [9.17, 15) is 4.39 Å². The summed E-state index contributed by atoms with van der Waals surface area (Å²) in [6.45, 7) is 0.990. The van der Waals surface area contributed by atoms with Gasteiger partial charge in [-0.1, -0.05) is 23.8 Å². The van der Waals surface area contributed by atoms with E-state index in [-0.39, 0.29) is 5.82 Å². The summed E-state index contributed by atoms with van der Waals surface area (Å²) >= 11 is 0. The van der Waals surface area contributed by atoms with Gasteiger partial charge < -0.3 is 5.32 Å². The molecule has 0 aromatic heterocycles. The third-order valence-electron chi connectivity index (χ3n) is 5.37. The quantitative estimate of drug-likeness (QED) is 0.860. The number of likely N-dealkylation sites (N-methyl/N-ethyl adjacent to an activating group) is 1. The number of rotatable bonds is 3. The van der Waals surface area contributed by atoms with Crippen molar-refractivity contribution < 1.29 is 4.39 Å². The summed E-state index contributed by atoms with van der Waals surface area (Å²) in [4.78, 5) is 0. The zero-order valence-corrected chi connectivity index (χ0v) is 13.0. The van der Waals surface area contributed by atoms with Crippen LogP contribution in [0.2, 0.25) is 0 Å². The van der Waals surface area contributed by atoms with Crippen molar-refractivity contribution in [1.82, 2.24) is 5.32 Å². The van der Waals surface area contributed by atoms with Gasteiger partial charge >= 0.3 is 0 Å². The van der Waals surface area contributed by atoms with Crippen molar-refractivity contribution in [3.63, 3.8) is 0 Å². The third kappa shape index (κ3) is 2.36. The molecule has 0 amide bonds. The van der Waals surface area contributed by atoms with E-state index in [1.54, 1.807) is 23.3 Å². The largest absolute Gasteiger partial charge is 0.316 e. The van der Waals surface area contributed by atoms with Gasteiger partial charge in [0.1, 0.15) is 5.82 Å². The van der Waals surface area contributed by atoms with Crippen LogP contribution in [-0.4, -0.2) is 13.6 Å². The van der Waals surface area contributed by atoms with Crippen LogP contribution >= 0.6 is 0 Å². The molecule has 2 aromatic carbocycles. The van der Waals surface area contributed by atoms with Gasteiger partial charge in [-0.2, -0.15) is 0 Å². The smallest absolute Gasteiger partial charge is 0.123 e. The second-order valence-electron chi connectivity index (χ2n) is 6.83. The van der Waals surface area contributed by atoms with E-state index in [0.29, 0.717) is 0 Å². The van der Waals surface area contributed by atoms with E-state index < -0.39 is 0 Å². The lowest BCUT2D eigenvalue weighted by molar-refractivity contribution is 0.502. The van der Waals surface area contributed by atoms with Crippen molar-refractivity contribution in [3.05, 3.63) is 53.4 Å². The molecule has 0 aliphatic heterocycles. The molecule has 0 saturated heterocycles. The molecular weight excluding hydrogens is 273 g/mol. The van der Waals surface area contributed by atoms with Crippen molar-refractivity contribution in [2.24, 2.45) is 11.8 Å². The van der Waals surface area contributed by atoms with Gasteiger partial charge in [-0.05, 0) is 84.7 Å². The minimum atomic E-state index is -0.161. The second-order valence-corrected chi connectivity index (χ2v) is 6.83. The predicted octanol–water partition coefficient (Wildman–Crippen LogP) is 4.77. The Bertz CT molecular complexity index is 746. The second kappa shape index (κ2) is 5.51. The molecule has 0 unspecified atom stereocenters. The fourth-order valence-electron chi connectivity index (χ4n) is 4.47. The molecule has 2 aliphatic rings. The van der Waals surface area contributed by atoms with Gasteiger partial charge in [-0.25, -0.2) is 4.39 Å². The molecule has 1 saturated carbocycles. The first-order valence-electron chi connectivity index (χ1n) is 8.31. The van der Waals surface area contributed by atoms with Gasteiger partial charge in [0.2, 0.25) is 0 Å². The Labute approximate surface area is 131 Å². The topological polar surface area (TPSA) is 12.0 Å². The highest BCUT2D eigenvalue weighted by Crippen LogP contribution is 2.49. The minimum absolute atomic E-state index is 0.161. The predicted molar refractivity (Wildman–Crippen MR) is 90.2 cm³/mol. The van der Waals surface area contributed by atoms with E-state index in [2.05, 4.69) is 23.5 Å². The number of hydrogen-bond donors (Lipinski definition) is 1. The number of nitrogens with one attached hydrogen (secondary N) is 1. The van der Waals surface area contributed by atoms with Crippen LogP contribution in [-0.2, 0) is 0 Å². The van der Waals surface area contributed by atoms with E-state index in [4.69, 9.17) is 0 Å². The molecule has 0 heterocycles. The Hall–Kier alpha value is -1.67. The molecule has 1 N–H and O–H groups in total. The molecule has 0 radical (unpaired) electrons.